The van der Waals surface area contributed by atoms with Crippen LogP contribution in [0.15, 0.2) is 24.4 Å². The Morgan fingerprint density at radius 1 is 0.852 bits per heavy atom. The molecule has 0 aromatic carbocycles. The summed E-state index contributed by atoms with van der Waals surface area (Å²) in [4.78, 5) is 79.0. The highest BCUT2D eigenvalue weighted by Crippen LogP contribution is 2.36. The molecule has 1 aromatic heterocycles. The standard InChI is InChI=1S/C16H15N5O6/c1-20-13(24)9(11(22)18-15(20)26)8(7-5-3-4-6-17-7)10-12(23)19-16(27)21(2)14(10)25/h3-6,8-10H,1-2H3,(H,18,22,26)(H,19,23,27). The molecule has 140 valence electrons. The van der Waals surface area contributed by atoms with Crippen molar-refractivity contribution in [3.05, 3.63) is 30.1 Å². The zero-order chi connectivity index (χ0) is 19.9. The zero-order valence-electron chi connectivity index (χ0n) is 14.3. The van der Waals surface area contributed by atoms with Gasteiger partial charge in [0, 0.05) is 31.9 Å². The van der Waals surface area contributed by atoms with Crippen LogP contribution in [0.4, 0.5) is 9.59 Å². The summed E-state index contributed by atoms with van der Waals surface area (Å²) in [5.41, 5.74) is 0.130. The van der Waals surface area contributed by atoms with Crippen molar-refractivity contribution in [2.45, 2.75) is 5.92 Å². The van der Waals surface area contributed by atoms with Crippen molar-refractivity contribution in [1.29, 1.82) is 0 Å². The van der Waals surface area contributed by atoms with Crippen molar-refractivity contribution in [2.24, 2.45) is 11.8 Å². The normalized spacial score (nSPS) is 24.7. The molecule has 2 atom stereocenters. The van der Waals surface area contributed by atoms with E-state index in [0.717, 1.165) is 0 Å². The summed E-state index contributed by atoms with van der Waals surface area (Å²) in [5.74, 6) is -8.05. The molecule has 1 aromatic rings. The summed E-state index contributed by atoms with van der Waals surface area (Å²) >= 11 is 0. The van der Waals surface area contributed by atoms with Gasteiger partial charge in [0.15, 0.2) is 0 Å². The highest BCUT2D eigenvalue weighted by atomic mass is 16.2. The molecule has 0 bridgehead atoms. The molecule has 2 aliphatic heterocycles. The quantitative estimate of drug-likeness (QED) is 0.634. The van der Waals surface area contributed by atoms with Crippen molar-refractivity contribution in [1.82, 2.24) is 25.4 Å². The van der Waals surface area contributed by atoms with Gasteiger partial charge in [0.1, 0.15) is 11.8 Å². The molecule has 0 radical (unpaired) electrons. The van der Waals surface area contributed by atoms with Gasteiger partial charge in [-0.2, -0.15) is 0 Å². The molecule has 2 saturated heterocycles. The van der Waals surface area contributed by atoms with E-state index in [1.54, 1.807) is 12.1 Å². The minimum atomic E-state index is -1.55. The van der Waals surface area contributed by atoms with Gasteiger partial charge < -0.3 is 0 Å². The lowest BCUT2D eigenvalue weighted by atomic mass is 9.75. The third kappa shape index (κ3) is 2.92. The zero-order valence-corrected chi connectivity index (χ0v) is 14.3. The Bertz CT molecular complexity index is 817. The van der Waals surface area contributed by atoms with Gasteiger partial charge in [-0.15, -0.1) is 0 Å². The van der Waals surface area contributed by atoms with E-state index in [1.165, 1.54) is 26.4 Å². The predicted octanol–water partition coefficient (Wildman–Crippen LogP) is -1.19. The molecule has 0 saturated carbocycles. The van der Waals surface area contributed by atoms with Crippen LogP contribution in [0.3, 0.4) is 0 Å². The van der Waals surface area contributed by atoms with Gasteiger partial charge in [-0.25, -0.2) is 9.59 Å². The number of imide groups is 4. The third-order valence-electron chi connectivity index (χ3n) is 4.58. The number of hydrogen-bond donors (Lipinski definition) is 2. The number of barbiturate groups is 2. The highest BCUT2D eigenvalue weighted by molar-refractivity contribution is 6.20. The Hall–Kier alpha value is -3.63. The van der Waals surface area contributed by atoms with Gasteiger partial charge in [-0.3, -0.25) is 44.6 Å². The number of rotatable bonds is 3. The maximum atomic E-state index is 12.7. The molecule has 11 nitrogen and oxygen atoms in total. The number of amides is 8. The number of nitrogens with zero attached hydrogens (tertiary/aromatic N) is 3. The molecule has 3 rings (SSSR count). The first-order chi connectivity index (χ1) is 12.7. The Labute approximate surface area is 152 Å². The first kappa shape index (κ1) is 18.2. The lowest BCUT2D eigenvalue weighted by Crippen LogP contribution is -2.63. The SMILES string of the molecule is CN1C(=O)NC(=O)C(C(c2ccccn2)C2C(=O)NC(=O)N(C)C2=O)C1=O. The molecule has 2 aliphatic rings. The largest absolute Gasteiger partial charge is 0.330 e. The van der Waals surface area contributed by atoms with E-state index < -0.39 is 53.4 Å². The molecular weight excluding hydrogens is 358 g/mol. The van der Waals surface area contributed by atoms with E-state index in [-0.39, 0.29) is 5.69 Å². The minimum Gasteiger partial charge on any atom is -0.277 e. The number of urea groups is 2. The molecule has 27 heavy (non-hydrogen) atoms. The molecule has 2 fully saturated rings. The van der Waals surface area contributed by atoms with Gasteiger partial charge in [-0.05, 0) is 12.1 Å². The summed E-state index contributed by atoms with van der Waals surface area (Å²) in [6.45, 7) is 0. The first-order valence-electron chi connectivity index (χ1n) is 7.89. The molecule has 11 heteroatoms. The monoisotopic (exact) mass is 373 g/mol. The summed E-state index contributed by atoms with van der Waals surface area (Å²) in [6.07, 6.45) is 1.38. The third-order valence-corrected chi connectivity index (χ3v) is 4.58. The fourth-order valence-electron chi connectivity index (χ4n) is 3.12. The average molecular weight is 373 g/mol. The van der Waals surface area contributed by atoms with E-state index >= 15 is 0 Å². The van der Waals surface area contributed by atoms with Crippen LogP contribution in [0.1, 0.15) is 11.6 Å². The lowest BCUT2D eigenvalue weighted by molar-refractivity contribution is -0.148. The van der Waals surface area contributed by atoms with E-state index in [0.29, 0.717) is 9.80 Å². The number of aromatic nitrogens is 1. The number of hydrogen-bond acceptors (Lipinski definition) is 7. The van der Waals surface area contributed by atoms with Crippen molar-refractivity contribution in [2.75, 3.05) is 14.1 Å². The minimum absolute atomic E-state index is 0.130. The Morgan fingerprint density at radius 3 is 1.74 bits per heavy atom. The van der Waals surface area contributed by atoms with Crippen molar-refractivity contribution in [3.63, 3.8) is 0 Å². The van der Waals surface area contributed by atoms with Crippen molar-refractivity contribution < 1.29 is 28.8 Å². The maximum Gasteiger partial charge on any atom is 0.330 e. The number of pyridine rings is 1. The van der Waals surface area contributed by atoms with Crippen LogP contribution in [0, 0.1) is 11.8 Å². The van der Waals surface area contributed by atoms with Crippen LogP contribution in [-0.2, 0) is 19.2 Å². The molecular formula is C16H15N5O6. The average Bonchev–Trinajstić information content (AvgIpc) is 2.64. The number of nitrogens with one attached hydrogen (secondary N) is 2. The van der Waals surface area contributed by atoms with E-state index in [1.807, 2.05) is 10.6 Å². The smallest absolute Gasteiger partial charge is 0.277 e. The topological polar surface area (TPSA) is 146 Å². The van der Waals surface area contributed by atoms with Crippen LogP contribution < -0.4 is 10.6 Å². The highest BCUT2D eigenvalue weighted by Gasteiger charge is 2.53. The molecule has 3 heterocycles. The van der Waals surface area contributed by atoms with E-state index in [2.05, 4.69) is 4.98 Å². The van der Waals surface area contributed by atoms with Gasteiger partial charge in [0.05, 0.1) is 0 Å². The van der Waals surface area contributed by atoms with Crippen LogP contribution >= 0.6 is 0 Å². The second-order valence-electron chi connectivity index (χ2n) is 6.12. The Morgan fingerprint density at radius 2 is 1.33 bits per heavy atom. The Balaban J connectivity index is 2.13. The van der Waals surface area contributed by atoms with Crippen molar-refractivity contribution >= 4 is 35.7 Å². The first-order valence-corrected chi connectivity index (χ1v) is 7.89. The molecule has 2 N–H and O–H groups in total. The van der Waals surface area contributed by atoms with Crippen LogP contribution in [-0.4, -0.2) is 64.6 Å². The van der Waals surface area contributed by atoms with Gasteiger partial charge in [0.2, 0.25) is 23.6 Å². The fraction of sp³-hybridized carbons (Fsp3) is 0.312. The summed E-state index contributed by atoms with van der Waals surface area (Å²) < 4.78 is 0. The summed E-state index contributed by atoms with van der Waals surface area (Å²) in [5, 5.41) is 4.05. The second kappa shape index (κ2) is 6.59. The second-order valence-corrected chi connectivity index (χ2v) is 6.12. The lowest BCUT2D eigenvalue weighted by Gasteiger charge is -2.37. The van der Waals surface area contributed by atoms with Crippen LogP contribution in [0.2, 0.25) is 0 Å². The summed E-state index contributed by atoms with van der Waals surface area (Å²) in [7, 11) is 2.34. The molecule has 0 spiro atoms. The molecule has 8 amide bonds. The molecule has 0 aliphatic carbocycles. The fourth-order valence-corrected chi connectivity index (χ4v) is 3.12. The van der Waals surface area contributed by atoms with E-state index in [4.69, 9.17) is 0 Å². The number of carbonyl (C=O) groups excluding carboxylic acids is 6. The molecule has 2 unspecified atom stereocenters. The Kier molecular flexibility index (Phi) is 4.44. The van der Waals surface area contributed by atoms with Crippen LogP contribution in [0.5, 0.6) is 0 Å². The van der Waals surface area contributed by atoms with Crippen LogP contribution in [0.25, 0.3) is 0 Å². The van der Waals surface area contributed by atoms with Gasteiger partial charge in [-0.1, -0.05) is 6.07 Å². The number of carbonyl (C=O) groups is 6. The van der Waals surface area contributed by atoms with E-state index in [9.17, 15) is 28.8 Å². The van der Waals surface area contributed by atoms with Crippen molar-refractivity contribution in [3.8, 4) is 0 Å². The predicted molar refractivity (Wildman–Crippen MR) is 86.6 cm³/mol. The van der Waals surface area contributed by atoms with Gasteiger partial charge >= 0.3 is 12.1 Å². The van der Waals surface area contributed by atoms with Gasteiger partial charge in [0.25, 0.3) is 0 Å². The maximum absolute atomic E-state index is 12.7. The summed E-state index contributed by atoms with van der Waals surface area (Å²) in [6, 6.07) is 2.78.